The fraction of sp³-hybridized carbons (Fsp3) is 0.200. The summed E-state index contributed by atoms with van der Waals surface area (Å²) in [5.74, 6) is 0. The van der Waals surface area contributed by atoms with E-state index in [2.05, 4.69) is 10.2 Å². The molecule has 0 bridgehead atoms. The maximum absolute atomic E-state index is 12.3. The minimum atomic E-state index is -4.45. The van der Waals surface area contributed by atoms with Gasteiger partial charge in [0.1, 0.15) is 0 Å². The molecular formula is C10H7F3N2OS2. The second-order valence-electron chi connectivity index (χ2n) is 3.28. The molecule has 0 amide bonds. The van der Waals surface area contributed by atoms with Gasteiger partial charge < -0.3 is 5.11 Å². The first kappa shape index (κ1) is 13.3. The quantitative estimate of drug-likeness (QED) is 0.943. The van der Waals surface area contributed by atoms with Crippen molar-refractivity contribution in [3.63, 3.8) is 0 Å². The molecule has 96 valence electrons. The monoisotopic (exact) mass is 292 g/mol. The van der Waals surface area contributed by atoms with Crippen molar-refractivity contribution in [3.8, 4) is 0 Å². The zero-order chi connectivity index (χ0) is 13.2. The summed E-state index contributed by atoms with van der Waals surface area (Å²) >= 11 is 1.62. The molecule has 0 saturated heterocycles. The second-order valence-corrected chi connectivity index (χ2v) is 5.57. The number of nitrogens with zero attached hydrogens (tertiary/aromatic N) is 2. The fourth-order valence-electron chi connectivity index (χ4n) is 1.13. The smallest absolute Gasteiger partial charge is 0.392 e. The van der Waals surface area contributed by atoms with Crippen LogP contribution in [0.25, 0.3) is 0 Å². The van der Waals surface area contributed by atoms with E-state index in [0.29, 0.717) is 11.3 Å². The van der Waals surface area contributed by atoms with Gasteiger partial charge in [-0.15, -0.1) is 10.2 Å². The third-order valence-electron chi connectivity index (χ3n) is 1.96. The van der Waals surface area contributed by atoms with Crippen LogP contribution in [-0.2, 0) is 12.8 Å². The first-order chi connectivity index (χ1) is 8.49. The average molecular weight is 292 g/mol. The van der Waals surface area contributed by atoms with Gasteiger partial charge in [-0.1, -0.05) is 35.2 Å². The predicted octanol–water partition coefficient (Wildman–Crippen LogP) is 3.20. The normalized spacial score (nSPS) is 11.8. The number of aliphatic hydroxyl groups excluding tert-OH is 1. The van der Waals surface area contributed by atoms with Gasteiger partial charge in [0.15, 0.2) is 4.34 Å². The van der Waals surface area contributed by atoms with Gasteiger partial charge in [0.25, 0.3) is 0 Å². The van der Waals surface area contributed by atoms with Crippen LogP contribution < -0.4 is 0 Å². The first-order valence-corrected chi connectivity index (χ1v) is 6.40. The third-order valence-corrected chi connectivity index (χ3v) is 3.99. The van der Waals surface area contributed by atoms with Crippen molar-refractivity contribution in [2.24, 2.45) is 0 Å². The molecule has 1 N–H and O–H groups in total. The van der Waals surface area contributed by atoms with Crippen LogP contribution >= 0.6 is 23.1 Å². The lowest BCUT2D eigenvalue weighted by Crippen LogP contribution is -2.03. The van der Waals surface area contributed by atoms with E-state index in [-0.39, 0.29) is 10.9 Å². The largest absolute Gasteiger partial charge is 0.445 e. The second kappa shape index (κ2) is 5.25. The van der Waals surface area contributed by atoms with Gasteiger partial charge in [0, 0.05) is 4.90 Å². The molecule has 0 aliphatic carbocycles. The van der Waals surface area contributed by atoms with Crippen LogP contribution in [0.4, 0.5) is 13.2 Å². The van der Waals surface area contributed by atoms with Crippen LogP contribution in [0.5, 0.6) is 0 Å². The summed E-state index contributed by atoms with van der Waals surface area (Å²) < 4.78 is 37.2. The summed E-state index contributed by atoms with van der Waals surface area (Å²) in [7, 11) is 0. The van der Waals surface area contributed by atoms with Gasteiger partial charge in [-0.25, -0.2) is 0 Å². The number of aromatic nitrogens is 2. The zero-order valence-corrected chi connectivity index (χ0v) is 10.4. The molecule has 0 atom stereocenters. The van der Waals surface area contributed by atoms with Crippen LogP contribution in [0.3, 0.4) is 0 Å². The van der Waals surface area contributed by atoms with Crippen LogP contribution in [0.1, 0.15) is 10.6 Å². The van der Waals surface area contributed by atoms with E-state index in [0.717, 1.165) is 22.2 Å². The van der Waals surface area contributed by atoms with Crippen LogP contribution in [0.15, 0.2) is 33.5 Å². The minimum Gasteiger partial charge on any atom is -0.392 e. The van der Waals surface area contributed by atoms with E-state index in [4.69, 9.17) is 5.11 Å². The molecule has 0 unspecified atom stereocenters. The SMILES string of the molecule is OCc1ccc(Sc2nnc(C(F)(F)F)s2)cc1. The molecule has 0 aliphatic heterocycles. The highest BCUT2D eigenvalue weighted by Gasteiger charge is 2.35. The predicted molar refractivity (Wildman–Crippen MR) is 61.4 cm³/mol. The van der Waals surface area contributed by atoms with E-state index in [1.54, 1.807) is 24.3 Å². The van der Waals surface area contributed by atoms with Crippen molar-refractivity contribution in [3.05, 3.63) is 34.8 Å². The zero-order valence-electron chi connectivity index (χ0n) is 8.81. The summed E-state index contributed by atoms with van der Waals surface area (Å²) in [5.41, 5.74) is 0.743. The van der Waals surface area contributed by atoms with E-state index in [1.165, 1.54) is 0 Å². The number of benzene rings is 1. The molecule has 18 heavy (non-hydrogen) atoms. The Morgan fingerprint density at radius 1 is 1.17 bits per heavy atom. The van der Waals surface area contributed by atoms with Crippen molar-refractivity contribution >= 4 is 23.1 Å². The molecule has 0 saturated carbocycles. The molecule has 1 heterocycles. The first-order valence-electron chi connectivity index (χ1n) is 4.77. The van der Waals surface area contributed by atoms with Gasteiger partial charge in [0.05, 0.1) is 6.61 Å². The Labute approximate surface area is 109 Å². The molecule has 2 aromatic rings. The van der Waals surface area contributed by atoms with Gasteiger partial charge in [-0.3, -0.25) is 0 Å². The number of alkyl halides is 3. The highest BCUT2D eigenvalue weighted by atomic mass is 32.2. The van der Waals surface area contributed by atoms with Crippen LogP contribution in [0, 0.1) is 0 Å². The van der Waals surface area contributed by atoms with Crippen LogP contribution in [0.2, 0.25) is 0 Å². The Bertz CT molecular complexity index is 525. The maximum atomic E-state index is 12.3. The molecule has 0 aliphatic rings. The van der Waals surface area contributed by atoms with Crippen LogP contribution in [-0.4, -0.2) is 15.3 Å². The lowest BCUT2D eigenvalue weighted by Gasteiger charge is -1.99. The summed E-state index contributed by atoms with van der Waals surface area (Å²) in [6, 6.07) is 6.83. The van der Waals surface area contributed by atoms with Crippen molar-refractivity contribution in [2.45, 2.75) is 22.0 Å². The summed E-state index contributed by atoms with van der Waals surface area (Å²) in [6.07, 6.45) is -4.45. The topological polar surface area (TPSA) is 46.0 Å². The van der Waals surface area contributed by atoms with Gasteiger partial charge >= 0.3 is 6.18 Å². The standard InChI is InChI=1S/C10H7F3N2OS2/c11-10(12,13)8-14-15-9(18-8)17-7-3-1-6(5-16)2-4-7/h1-4,16H,5H2. The van der Waals surface area contributed by atoms with Gasteiger partial charge in [0.2, 0.25) is 5.01 Å². The third kappa shape index (κ3) is 3.21. The summed E-state index contributed by atoms with van der Waals surface area (Å²) in [6.45, 7) is -0.0675. The number of aliphatic hydroxyl groups is 1. The highest BCUT2D eigenvalue weighted by Crippen LogP contribution is 2.36. The van der Waals surface area contributed by atoms with Crippen molar-refractivity contribution in [1.82, 2.24) is 10.2 Å². The number of rotatable bonds is 3. The Hall–Kier alpha value is -1.12. The van der Waals surface area contributed by atoms with Crippen molar-refractivity contribution < 1.29 is 18.3 Å². The lowest BCUT2D eigenvalue weighted by molar-refractivity contribution is -0.138. The number of halogens is 3. The molecule has 1 aromatic heterocycles. The molecule has 0 spiro atoms. The Morgan fingerprint density at radius 3 is 2.33 bits per heavy atom. The van der Waals surface area contributed by atoms with Crippen molar-refractivity contribution in [2.75, 3.05) is 0 Å². The molecule has 0 radical (unpaired) electrons. The van der Waals surface area contributed by atoms with E-state index < -0.39 is 11.2 Å². The van der Waals surface area contributed by atoms with Gasteiger partial charge in [-0.2, -0.15) is 13.2 Å². The highest BCUT2D eigenvalue weighted by molar-refractivity contribution is 8.01. The van der Waals surface area contributed by atoms with E-state index in [1.807, 2.05) is 0 Å². The summed E-state index contributed by atoms with van der Waals surface area (Å²) in [5, 5.41) is 14.5. The fourth-order valence-corrected chi connectivity index (χ4v) is 2.82. The molecule has 1 aromatic carbocycles. The number of hydrogen-bond acceptors (Lipinski definition) is 5. The molecule has 0 fully saturated rings. The molecular weight excluding hydrogens is 285 g/mol. The Morgan fingerprint density at radius 2 is 1.83 bits per heavy atom. The Balaban J connectivity index is 2.11. The molecule has 8 heteroatoms. The van der Waals surface area contributed by atoms with Gasteiger partial charge in [-0.05, 0) is 17.7 Å². The van der Waals surface area contributed by atoms with Crippen molar-refractivity contribution in [1.29, 1.82) is 0 Å². The molecule has 3 nitrogen and oxygen atoms in total. The van der Waals surface area contributed by atoms with E-state index in [9.17, 15) is 13.2 Å². The minimum absolute atomic E-state index is 0.0675. The summed E-state index contributed by atoms with van der Waals surface area (Å²) in [4.78, 5) is 0.747. The average Bonchev–Trinajstić information content (AvgIpc) is 2.78. The maximum Gasteiger partial charge on any atom is 0.445 e. The number of hydrogen-bond donors (Lipinski definition) is 1. The lowest BCUT2D eigenvalue weighted by atomic mass is 10.2. The Kier molecular flexibility index (Phi) is 3.88. The molecule has 2 rings (SSSR count). The van der Waals surface area contributed by atoms with E-state index >= 15 is 0 Å².